The third-order valence-electron chi connectivity index (χ3n) is 4.16. The standard InChI is InChI=1S/C15H23NO3/c1-2-13(11-6-4-3-5-7-11)16-10-14-12(15(17)18)8-9-19-14/h8-9,11,13,16H,2-7,10H2,1H3,(H,17,18). The lowest BCUT2D eigenvalue weighted by molar-refractivity contribution is 0.0694. The molecule has 4 nitrogen and oxygen atoms in total. The molecule has 0 spiro atoms. The molecule has 0 amide bonds. The maximum Gasteiger partial charge on any atom is 0.339 e. The maximum absolute atomic E-state index is 11.0. The molecule has 2 rings (SSSR count). The summed E-state index contributed by atoms with van der Waals surface area (Å²) in [7, 11) is 0. The molecule has 1 aromatic heterocycles. The van der Waals surface area contributed by atoms with Crippen LogP contribution in [0.2, 0.25) is 0 Å². The minimum Gasteiger partial charge on any atom is -0.478 e. The first-order valence-electron chi connectivity index (χ1n) is 7.25. The largest absolute Gasteiger partial charge is 0.478 e. The molecule has 0 bridgehead atoms. The van der Waals surface area contributed by atoms with Crippen LogP contribution in [-0.4, -0.2) is 17.1 Å². The summed E-state index contributed by atoms with van der Waals surface area (Å²) in [4.78, 5) is 11.0. The van der Waals surface area contributed by atoms with Gasteiger partial charge in [-0.1, -0.05) is 26.2 Å². The monoisotopic (exact) mass is 265 g/mol. The van der Waals surface area contributed by atoms with Crippen LogP contribution in [0.5, 0.6) is 0 Å². The zero-order valence-electron chi connectivity index (χ0n) is 11.5. The average Bonchev–Trinajstić information content (AvgIpc) is 2.89. The fraction of sp³-hybridized carbons (Fsp3) is 0.667. The van der Waals surface area contributed by atoms with Crippen molar-refractivity contribution in [3.05, 3.63) is 23.7 Å². The Morgan fingerprint density at radius 1 is 1.47 bits per heavy atom. The number of hydrogen-bond donors (Lipinski definition) is 2. The van der Waals surface area contributed by atoms with E-state index in [1.54, 1.807) is 0 Å². The quantitative estimate of drug-likeness (QED) is 0.827. The van der Waals surface area contributed by atoms with E-state index in [9.17, 15) is 4.79 Å². The summed E-state index contributed by atoms with van der Waals surface area (Å²) in [5.74, 6) is 0.333. The average molecular weight is 265 g/mol. The molecule has 1 aliphatic carbocycles. The third-order valence-corrected chi connectivity index (χ3v) is 4.16. The predicted molar refractivity (Wildman–Crippen MR) is 73.2 cm³/mol. The zero-order valence-corrected chi connectivity index (χ0v) is 11.5. The summed E-state index contributed by atoms with van der Waals surface area (Å²) in [6, 6.07) is 1.98. The van der Waals surface area contributed by atoms with Gasteiger partial charge in [0, 0.05) is 6.04 Å². The Hall–Kier alpha value is -1.29. The molecule has 4 heteroatoms. The predicted octanol–water partition coefficient (Wildman–Crippen LogP) is 3.43. The van der Waals surface area contributed by atoms with Crippen molar-refractivity contribution in [2.75, 3.05) is 0 Å². The summed E-state index contributed by atoms with van der Waals surface area (Å²) in [5.41, 5.74) is 0.269. The van der Waals surface area contributed by atoms with Gasteiger partial charge in [-0.05, 0) is 31.2 Å². The van der Waals surface area contributed by atoms with Gasteiger partial charge in [0.05, 0.1) is 12.8 Å². The number of carboxylic acid groups (broad SMARTS) is 1. The van der Waals surface area contributed by atoms with Crippen LogP contribution in [0.25, 0.3) is 0 Å². The molecule has 19 heavy (non-hydrogen) atoms. The fourth-order valence-corrected chi connectivity index (χ4v) is 3.07. The maximum atomic E-state index is 11.0. The molecule has 0 aromatic carbocycles. The molecule has 1 atom stereocenters. The number of furan rings is 1. The van der Waals surface area contributed by atoms with Gasteiger partial charge in [0.2, 0.25) is 0 Å². The highest BCUT2D eigenvalue weighted by Gasteiger charge is 2.23. The van der Waals surface area contributed by atoms with Crippen LogP contribution in [0.1, 0.15) is 61.6 Å². The lowest BCUT2D eigenvalue weighted by atomic mass is 9.83. The Morgan fingerprint density at radius 3 is 2.84 bits per heavy atom. The molecular weight excluding hydrogens is 242 g/mol. The third kappa shape index (κ3) is 3.60. The van der Waals surface area contributed by atoms with Crippen LogP contribution in [0.3, 0.4) is 0 Å². The van der Waals surface area contributed by atoms with Crippen LogP contribution in [0, 0.1) is 5.92 Å². The first-order valence-corrected chi connectivity index (χ1v) is 7.25. The van der Waals surface area contributed by atoms with Crippen molar-refractivity contribution < 1.29 is 14.3 Å². The van der Waals surface area contributed by atoms with E-state index in [1.807, 2.05) is 0 Å². The normalized spacial score (nSPS) is 18.4. The Balaban J connectivity index is 1.91. The van der Waals surface area contributed by atoms with Crippen molar-refractivity contribution in [2.24, 2.45) is 5.92 Å². The highest BCUT2D eigenvalue weighted by atomic mass is 16.4. The van der Waals surface area contributed by atoms with Gasteiger partial charge < -0.3 is 14.8 Å². The van der Waals surface area contributed by atoms with Crippen LogP contribution in [-0.2, 0) is 6.54 Å². The fourth-order valence-electron chi connectivity index (χ4n) is 3.07. The van der Waals surface area contributed by atoms with Crippen molar-refractivity contribution in [1.82, 2.24) is 5.32 Å². The Labute approximate surface area is 114 Å². The van der Waals surface area contributed by atoms with E-state index in [0.29, 0.717) is 18.3 Å². The van der Waals surface area contributed by atoms with E-state index in [2.05, 4.69) is 12.2 Å². The smallest absolute Gasteiger partial charge is 0.339 e. The summed E-state index contributed by atoms with van der Waals surface area (Å²) in [6.45, 7) is 2.69. The van der Waals surface area contributed by atoms with Crippen molar-refractivity contribution >= 4 is 5.97 Å². The van der Waals surface area contributed by atoms with Gasteiger partial charge in [0.25, 0.3) is 0 Å². The summed E-state index contributed by atoms with van der Waals surface area (Å²) in [6.07, 6.45) is 9.10. The number of hydrogen-bond acceptors (Lipinski definition) is 3. The molecule has 1 heterocycles. The number of carbonyl (C=O) groups is 1. The lowest BCUT2D eigenvalue weighted by Gasteiger charge is -2.30. The van der Waals surface area contributed by atoms with Crippen molar-refractivity contribution in [2.45, 2.75) is 58.0 Å². The van der Waals surface area contributed by atoms with E-state index in [4.69, 9.17) is 9.52 Å². The Morgan fingerprint density at radius 2 is 2.21 bits per heavy atom. The highest BCUT2D eigenvalue weighted by Crippen LogP contribution is 2.28. The molecule has 1 saturated carbocycles. The Bertz CT molecular complexity index is 407. The van der Waals surface area contributed by atoms with Gasteiger partial charge in [0.15, 0.2) is 0 Å². The molecule has 1 aromatic rings. The van der Waals surface area contributed by atoms with Crippen LogP contribution in [0.15, 0.2) is 16.7 Å². The summed E-state index contributed by atoms with van der Waals surface area (Å²) >= 11 is 0. The summed E-state index contributed by atoms with van der Waals surface area (Å²) < 4.78 is 5.26. The molecule has 1 fully saturated rings. The van der Waals surface area contributed by atoms with Gasteiger partial charge in [-0.3, -0.25) is 0 Å². The molecule has 106 valence electrons. The first-order chi connectivity index (χ1) is 9.22. The molecule has 1 aliphatic rings. The molecule has 1 unspecified atom stereocenters. The molecule has 2 N–H and O–H groups in total. The zero-order chi connectivity index (χ0) is 13.7. The number of carboxylic acids is 1. The molecule has 0 saturated heterocycles. The van der Waals surface area contributed by atoms with E-state index in [-0.39, 0.29) is 5.56 Å². The van der Waals surface area contributed by atoms with E-state index in [1.165, 1.54) is 44.4 Å². The van der Waals surface area contributed by atoms with Crippen LogP contribution in [0.4, 0.5) is 0 Å². The first kappa shape index (κ1) is 14.1. The molecule has 0 aliphatic heterocycles. The van der Waals surface area contributed by atoms with Crippen molar-refractivity contribution in [1.29, 1.82) is 0 Å². The second kappa shape index (κ2) is 6.75. The van der Waals surface area contributed by atoms with E-state index < -0.39 is 5.97 Å². The molecular formula is C15H23NO3. The minimum absolute atomic E-state index is 0.269. The van der Waals surface area contributed by atoms with Crippen LogP contribution >= 0.6 is 0 Å². The number of rotatable bonds is 6. The second-order valence-corrected chi connectivity index (χ2v) is 5.36. The van der Waals surface area contributed by atoms with Gasteiger partial charge in [-0.2, -0.15) is 0 Å². The lowest BCUT2D eigenvalue weighted by Crippen LogP contribution is -2.36. The number of aromatic carboxylic acids is 1. The van der Waals surface area contributed by atoms with Gasteiger partial charge >= 0.3 is 5.97 Å². The van der Waals surface area contributed by atoms with E-state index >= 15 is 0 Å². The van der Waals surface area contributed by atoms with Gasteiger partial charge in [-0.25, -0.2) is 4.79 Å². The highest BCUT2D eigenvalue weighted by molar-refractivity contribution is 5.88. The SMILES string of the molecule is CCC(NCc1occc1C(=O)O)C1CCCCC1. The number of nitrogens with one attached hydrogen (secondary N) is 1. The van der Waals surface area contributed by atoms with Crippen LogP contribution < -0.4 is 5.32 Å². The van der Waals surface area contributed by atoms with Gasteiger partial charge in [0.1, 0.15) is 11.3 Å². The van der Waals surface area contributed by atoms with Crippen molar-refractivity contribution in [3.63, 3.8) is 0 Å². The topological polar surface area (TPSA) is 62.5 Å². The van der Waals surface area contributed by atoms with Crippen molar-refractivity contribution in [3.8, 4) is 0 Å². The Kier molecular flexibility index (Phi) is 5.02. The molecule has 0 radical (unpaired) electrons. The second-order valence-electron chi connectivity index (χ2n) is 5.36. The minimum atomic E-state index is -0.920. The van der Waals surface area contributed by atoms with Gasteiger partial charge in [-0.15, -0.1) is 0 Å². The summed E-state index contributed by atoms with van der Waals surface area (Å²) in [5, 5.41) is 12.5. The van der Waals surface area contributed by atoms with E-state index in [0.717, 1.165) is 12.3 Å².